The summed E-state index contributed by atoms with van der Waals surface area (Å²) in [5.41, 5.74) is 6.64. The summed E-state index contributed by atoms with van der Waals surface area (Å²) < 4.78 is 0. The summed E-state index contributed by atoms with van der Waals surface area (Å²) >= 11 is 0. The Morgan fingerprint density at radius 3 is 2.89 bits per heavy atom. The van der Waals surface area contributed by atoms with E-state index in [0.29, 0.717) is 18.5 Å². The van der Waals surface area contributed by atoms with Crippen molar-refractivity contribution >= 4 is 11.5 Å². The average Bonchev–Trinajstić information content (AvgIpc) is 2.39. The third-order valence-corrected chi connectivity index (χ3v) is 3.83. The molecule has 0 spiro atoms. The standard InChI is InChI=1S/C13H20N4O2/c1-9-5-12(17(18)19)7-15-13(9)16-8-11(6-14)4-3-10(16)2/h5,7,10-11H,3-4,6,8,14H2,1-2H3. The van der Waals surface area contributed by atoms with Crippen LogP contribution in [0.1, 0.15) is 25.3 Å². The maximum absolute atomic E-state index is 10.7. The lowest BCUT2D eigenvalue weighted by Gasteiger charge is -2.39. The van der Waals surface area contributed by atoms with E-state index in [1.54, 1.807) is 6.07 Å². The number of pyridine rings is 1. The number of anilines is 1. The summed E-state index contributed by atoms with van der Waals surface area (Å²) in [6, 6.07) is 1.98. The SMILES string of the molecule is Cc1cc([N+](=O)[O-])cnc1N1CC(CN)CCC1C. The Kier molecular flexibility index (Phi) is 3.99. The van der Waals surface area contributed by atoms with Crippen LogP contribution in [-0.2, 0) is 0 Å². The van der Waals surface area contributed by atoms with Gasteiger partial charge in [0.15, 0.2) is 0 Å². The first kappa shape index (κ1) is 13.7. The van der Waals surface area contributed by atoms with E-state index in [2.05, 4.69) is 16.8 Å². The lowest BCUT2D eigenvalue weighted by molar-refractivity contribution is -0.385. The molecule has 6 nitrogen and oxygen atoms in total. The molecular weight excluding hydrogens is 244 g/mol. The first-order chi connectivity index (χ1) is 9.02. The third-order valence-electron chi connectivity index (χ3n) is 3.83. The van der Waals surface area contributed by atoms with Gasteiger partial charge in [0.2, 0.25) is 0 Å². The van der Waals surface area contributed by atoms with Crippen LogP contribution in [0.25, 0.3) is 0 Å². The Balaban J connectivity index is 2.27. The lowest BCUT2D eigenvalue weighted by atomic mass is 9.93. The molecule has 1 fully saturated rings. The summed E-state index contributed by atoms with van der Waals surface area (Å²) in [5, 5.41) is 10.7. The van der Waals surface area contributed by atoms with Crippen molar-refractivity contribution in [2.75, 3.05) is 18.0 Å². The topological polar surface area (TPSA) is 85.3 Å². The maximum Gasteiger partial charge on any atom is 0.287 e. The molecule has 1 aliphatic heterocycles. The van der Waals surface area contributed by atoms with Gasteiger partial charge < -0.3 is 10.6 Å². The molecule has 2 rings (SSSR count). The highest BCUT2D eigenvalue weighted by molar-refractivity contribution is 5.51. The Morgan fingerprint density at radius 2 is 2.32 bits per heavy atom. The molecule has 2 unspecified atom stereocenters. The van der Waals surface area contributed by atoms with Crippen LogP contribution in [-0.4, -0.2) is 29.0 Å². The second-order valence-corrected chi connectivity index (χ2v) is 5.27. The van der Waals surface area contributed by atoms with Crippen molar-refractivity contribution in [1.29, 1.82) is 0 Å². The molecular formula is C13H20N4O2. The zero-order valence-electron chi connectivity index (χ0n) is 11.4. The molecule has 2 N–H and O–H groups in total. The number of hydrogen-bond donors (Lipinski definition) is 1. The number of aryl methyl sites for hydroxylation is 1. The van der Waals surface area contributed by atoms with Gasteiger partial charge >= 0.3 is 0 Å². The Bertz CT molecular complexity index is 478. The van der Waals surface area contributed by atoms with Gasteiger partial charge in [0, 0.05) is 18.7 Å². The third kappa shape index (κ3) is 2.84. The molecule has 6 heteroatoms. The lowest BCUT2D eigenvalue weighted by Crippen LogP contribution is -2.44. The van der Waals surface area contributed by atoms with Gasteiger partial charge in [-0.1, -0.05) is 0 Å². The highest BCUT2D eigenvalue weighted by Crippen LogP contribution is 2.29. The number of hydrogen-bond acceptors (Lipinski definition) is 5. The zero-order chi connectivity index (χ0) is 14.0. The van der Waals surface area contributed by atoms with E-state index < -0.39 is 4.92 Å². The van der Waals surface area contributed by atoms with Crippen LogP contribution in [0.3, 0.4) is 0 Å². The number of aromatic nitrogens is 1. The molecule has 0 radical (unpaired) electrons. The predicted molar refractivity (Wildman–Crippen MR) is 74.2 cm³/mol. The van der Waals surface area contributed by atoms with Crippen molar-refractivity contribution in [2.45, 2.75) is 32.7 Å². The quantitative estimate of drug-likeness (QED) is 0.665. The Hall–Kier alpha value is -1.69. The van der Waals surface area contributed by atoms with Gasteiger partial charge in [-0.05, 0) is 44.7 Å². The molecule has 0 bridgehead atoms. The van der Waals surface area contributed by atoms with Crippen LogP contribution >= 0.6 is 0 Å². The van der Waals surface area contributed by atoms with Crippen LogP contribution in [0.5, 0.6) is 0 Å². The second-order valence-electron chi connectivity index (χ2n) is 5.27. The van der Waals surface area contributed by atoms with Crippen molar-refractivity contribution in [1.82, 2.24) is 4.98 Å². The molecule has 1 aromatic heterocycles. The average molecular weight is 264 g/mol. The van der Waals surface area contributed by atoms with Gasteiger partial charge in [-0.2, -0.15) is 0 Å². The van der Waals surface area contributed by atoms with Crippen molar-refractivity contribution in [3.8, 4) is 0 Å². The smallest absolute Gasteiger partial charge is 0.287 e. The van der Waals surface area contributed by atoms with Crippen LogP contribution in [0.2, 0.25) is 0 Å². The van der Waals surface area contributed by atoms with Gasteiger partial charge in [0.25, 0.3) is 5.69 Å². The van der Waals surface area contributed by atoms with E-state index in [1.165, 1.54) is 6.20 Å². The number of nitro groups is 1. The van der Waals surface area contributed by atoms with Gasteiger partial charge in [0.05, 0.1) is 4.92 Å². The monoisotopic (exact) mass is 264 g/mol. The summed E-state index contributed by atoms with van der Waals surface area (Å²) in [7, 11) is 0. The fourth-order valence-corrected chi connectivity index (χ4v) is 2.62. The van der Waals surface area contributed by atoms with Gasteiger partial charge in [-0.3, -0.25) is 10.1 Å². The van der Waals surface area contributed by atoms with Crippen LogP contribution in [0.4, 0.5) is 11.5 Å². The number of rotatable bonds is 3. The molecule has 0 saturated carbocycles. The van der Waals surface area contributed by atoms with Crippen molar-refractivity contribution < 1.29 is 4.92 Å². The second kappa shape index (κ2) is 5.52. The molecule has 104 valence electrons. The minimum Gasteiger partial charge on any atom is -0.353 e. The zero-order valence-corrected chi connectivity index (χ0v) is 11.4. The van der Waals surface area contributed by atoms with Gasteiger partial charge in [0.1, 0.15) is 12.0 Å². The molecule has 1 aliphatic rings. The number of nitrogens with two attached hydrogens (primary N) is 1. The van der Waals surface area contributed by atoms with Gasteiger partial charge in [-0.15, -0.1) is 0 Å². The summed E-state index contributed by atoms with van der Waals surface area (Å²) in [5.74, 6) is 1.32. The number of nitrogens with zero attached hydrogens (tertiary/aromatic N) is 3. The van der Waals surface area contributed by atoms with Crippen molar-refractivity contribution in [3.05, 3.63) is 27.9 Å². The summed E-state index contributed by atoms with van der Waals surface area (Å²) in [4.78, 5) is 16.8. The molecule has 19 heavy (non-hydrogen) atoms. The van der Waals surface area contributed by atoms with Crippen molar-refractivity contribution in [2.24, 2.45) is 11.7 Å². The van der Waals surface area contributed by atoms with E-state index in [-0.39, 0.29) is 5.69 Å². The van der Waals surface area contributed by atoms with Crippen LogP contribution < -0.4 is 10.6 Å². The van der Waals surface area contributed by atoms with E-state index in [1.807, 2.05) is 6.92 Å². The molecule has 2 atom stereocenters. The first-order valence-electron chi connectivity index (χ1n) is 6.60. The molecule has 2 heterocycles. The minimum atomic E-state index is -0.411. The fraction of sp³-hybridized carbons (Fsp3) is 0.615. The summed E-state index contributed by atoms with van der Waals surface area (Å²) in [6.45, 7) is 5.59. The van der Waals surface area contributed by atoms with E-state index in [4.69, 9.17) is 5.73 Å². The Labute approximate surface area is 112 Å². The maximum atomic E-state index is 10.7. The van der Waals surface area contributed by atoms with E-state index in [0.717, 1.165) is 30.8 Å². The normalized spacial score (nSPS) is 23.4. The first-order valence-corrected chi connectivity index (χ1v) is 6.60. The Morgan fingerprint density at radius 1 is 1.58 bits per heavy atom. The van der Waals surface area contributed by atoms with Crippen LogP contribution in [0.15, 0.2) is 12.3 Å². The highest BCUT2D eigenvalue weighted by atomic mass is 16.6. The van der Waals surface area contributed by atoms with Crippen LogP contribution in [0, 0.1) is 23.0 Å². The van der Waals surface area contributed by atoms with E-state index >= 15 is 0 Å². The fourth-order valence-electron chi connectivity index (χ4n) is 2.62. The predicted octanol–water partition coefficient (Wildman–Crippen LogP) is 1.86. The minimum absolute atomic E-state index is 0.0429. The highest BCUT2D eigenvalue weighted by Gasteiger charge is 2.27. The molecule has 0 aliphatic carbocycles. The van der Waals surface area contributed by atoms with Gasteiger partial charge in [-0.25, -0.2) is 4.98 Å². The summed E-state index contributed by atoms with van der Waals surface area (Å²) in [6.07, 6.45) is 3.56. The largest absolute Gasteiger partial charge is 0.353 e. The molecule has 1 aromatic rings. The molecule has 0 aromatic carbocycles. The molecule has 1 saturated heterocycles. The molecule has 0 amide bonds. The van der Waals surface area contributed by atoms with E-state index in [9.17, 15) is 10.1 Å². The van der Waals surface area contributed by atoms with Crippen molar-refractivity contribution in [3.63, 3.8) is 0 Å². The number of piperidine rings is 1.